The smallest absolute Gasteiger partial charge is 0.246 e. The molecule has 23 heavy (non-hydrogen) atoms. The van der Waals surface area contributed by atoms with Gasteiger partial charge in [-0.25, -0.2) is 0 Å². The zero-order valence-electron chi connectivity index (χ0n) is 13.7. The first-order valence-electron chi connectivity index (χ1n) is 8.64. The van der Waals surface area contributed by atoms with Crippen molar-refractivity contribution in [1.29, 1.82) is 0 Å². The van der Waals surface area contributed by atoms with Crippen molar-refractivity contribution in [1.82, 2.24) is 15.0 Å². The molecule has 0 aromatic carbocycles. The van der Waals surface area contributed by atoms with Gasteiger partial charge in [0.15, 0.2) is 11.6 Å². The second-order valence-electron chi connectivity index (χ2n) is 6.82. The van der Waals surface area contributed by atoms with Crippen molar-refractivity contribution in [2.24, 2.45) is 5.92 Å². The SMILES string of the molecule is Cc1noc([C@H]2COCCN2CC2CCC3(CC2)OCCO3)n1. The third kappa shape index (κ3) is 3.28. The molecule has 7 nitrogen and oxygen atoms in total. The highest BCUT2D eigenvalue weighted by Gasteiger charge is 2.41. The number of aromatic nitrogens is 2. The van der Waals surface area contributed by atoms with Gasteiger partial charge in [0.1, 0.15) is 6.04 Å². The van der Waals surface area contributed by atoms with Gasteiger partial charge in [0.25, 0.3) is 0 Å². The summed E-state index contributed by atoms with van der Waals surface area (Å²) in [6, 6.07) is 0.0832. The molecule has 2 saturated heterocycles. The van der Waals surface area contributed by atoms with E-state index in [-0.39, 0.29) is 11.8 Å². The average Bonchev–Trinajstić information content (AvgIpc) is 3.20. The molecule has 0 radical (unpaired) electrons. The van der Waals surface area contributed by atoms with Gasteiger partial charge in [0, 0.05) is 25.9 Å². The van der Waals surface area contributed by atoms with E-state index in [1.807, 2.05) is 6.92 Å². The average molecular weight is 323 g/mol. The summed E-state index contributed by atoms with van der Waals surface area (Å²) < 4.78 is 22.7. The third-order valence-electron chi connectivity index (χ3n) is 5.24. The van der Waals surface area contributed by atoms with Gasteiger partial charge in [0.05, 0.1) is 26.4 Å². The Morgan fingerprint density at radius 2 is 1.96 bits per heavy atom. The minimum absolute atomic E-state index is 0.0832. The molecular formula is C16H25N3O4. The third-order valence-corrected chi connectivity index (χ3v) is 5.24. The van der Waals surface area contributed by atoms with E-state index >= 15 is 0 Å². The summed E-state index contributed by atoms with van der Waals surface area (Å²) in [5, 5.41) is 3.92. The van der Waals surface area contributed by atoms with E-state index in [4.69, 9.17) is 18.7 Å². The molecule has 3 fully saturated rings. The molecule has 3 heterocycles. The zero-order valence-corrected chi connectivity index (χ0v) is 13.7. The van der Waals surface area contributed by atoms with Gasteiger partial charge in [-0.15, -0.1) is 0 Å². The molecule has 1 aliphatic carbocycles. The normalized spacial score (nSPS) is 29.3. The fraction of sp³-hybridized carbons (Fsp3) is 0.875. The molecule has 4 rings (SSSR count). The first-order valence-corrected chi connectivity index (χ1v) is 8.64. The fourth-order valence-electron chi connectivity index (χ4n) is 3.95. The molecule has 0 amide bonds. The lowest BCUT2D eigenvalue weighted by molar-refractivity contribution is -0.184. The molecular weight excluding hydrogens is 298 g/mol. The van der Waals surface area contributed by atoms with Crippen LogP contribution >= 0.6 is 0 Å². The van der Waals surface area contributed by atoms with Crippen molar-refractivity contribution in [2.45, 2.75) is 44.4 Å². The first kappa shape index (κ1) is 15.5. The molecule has 0 bridgehead atoms. The second kappa shape index (κ2) is 6.47. The van der Waals surface area contributed by atoms with Crippen LogP contribution < -0.4 is 0 Å². The number of rotatable bonds is 3. The van der Waals surface area contributed by atoms with E-state index in [1.165, 1.54) is 0 Å². The van der Waals surface area contributed by atoms with E-state index in [1.54, 1.807) is 0 Å². The number of aryl methyl sites for hydroxylation is 1. The van der Waals surface area contributed by atoms with Gasteiger partial charge in [-0.1, -0.05) is 5.16 Å². The maximum absolute atomic E-state index is 5.82. The Labute approximate surface area is 136 Å². The summed E-state index contributed by atoms with van der Waals surface area (Å²) in [6.45, 7) is 6.70. The summed E-state index contributed by atoms with van der Waals surface area (Å²) in [7, 11) is 0. The molecule has 1 spiro atoms. The van der Waals surface area contributed by atoms with Crippen molar-refractivity contribution in [3.8, 4) is 0 Å². The van der Waals surface area contributed by atoms with Gasteiger partial charge < -0.3 is 18.7 Å². The topological polar surface area (TPSA) is 69.9 Å². The van der Waals surface area contributed by atoms with E-state index in [0.717, 1.165) is 58.6 Å². The van der Waals surface area contributed by atoms with E-state index < -0.39 is 0 Å². The Morgan fingerprint density at radius 1 is 1.17 bits per heavy atom. The highest BCUT2D eigenvalue weighted by atomic mass is 16.7. The molecule has 1 atom stereocenters. The van der Waals surface area contributed by atoms with Crippen LogP contribution in [0.15, 0.2) is 4.52 Å². The Balaban J connectivity index is 1.37. The van der Waals surface area contributed by atoms with Crippen LogP contribution in [0.1, 0.15) is 43.4 Å². The van der Waals surface area contributed by atoms with E-state index in [0.29, 0.717) is 24.2 Å². The molecule has 3 aliphatic rings. The summed E-state index contributed by atoms with van der Waals surface area (Å²) in [5.74, 6) is 1.75. The molecule has 1 aromatic heterocycles. The minimum Gasteiger partial charge on any atom is -0.378 e. The molecule has 1 saturated carbocycles. The summed E-state index contributed by atoms with van der Waals surface area (Å²) in [4.78, 5) is 6.84. The molecule has 128 valence electrons. The van der Waals surface area contributed by atoms with Crippen molar-refractivity contribution < 1.29 is 18.7 Å². The lowest BCUT2D eigenvalue weighted by Gasteiger charge is -2.40. The van der Waals surface area contributed by atoms with Crippen LogP contribution in [-0.2, 0) is 14.2 Å². The summed E-state index contributed by atoms with van der Waals surface area (Å²) >= 11 is 0. The molecule has 2 aliphatic heterocycles. The minimum atomic E-state index is -0.273. The predicted octanol–water partition coefficient (Wildman–Crippen LogP) is 1.68. The van der Waals surface area contributed by atoms with Crippen LogP contribution in [0.4, 0.5) is 0 Å². The van der Waals surface area contributed by atoms with Gasteiger partial charge in [-0.2, -0.15) is 4.98 Å². The standard InChI is InChI=1S/C16H25N3O4/c1-12-17-15(23-18-12)14-11-20-7-6-19(14)10-13-2-4-16(5-3-13)21-8-9-22-16/h13-14H,2-11H2,1H3/t14-/m1/s1. The number of nitrogens with zero attached hydrogens (tertiary/aromatic N) is 3. The van der Waals surface area contributed by atoms with Crippen LogP contribution in [-0.4, -0.2) is 60.3 Å². The molecule has 0 N–H and O–H groups in total. The van der Waals surface area contributed by atoms with Crippen molar-refractivity contribution >= 4 is 0 Å². The van der Waals surface area contributed by atoms with Gasteiger partial charge in [-0.05, 0) is 25.7 Å². The zero-order chi connectivity index (χ0) is 15.7. The molecule has 1 aromatic rings. The maximum Gasteiger partial charge on any atom is 0.246 e. The Kier molecular flexibility index (Phi) is 4.36. The van der Waals surface area contributed by atoms with Crippen molar-refractivity contribution in [3.63, 3.8) is 0 Å². The monoisotopic (exact) mass is 323 g/mol. The van der Waals surface area contributed by atoms with Crippen LogP contribution in [0, 0.1) is 12.8 Å². The largest absolute Gasteiger partial charge is 0.378 e. The van der Waals surface area contributed by atoms with Gasteiger partial charge in [-0.3, -0.25) is 4.90 Å². The highest BCUT2D eigenvalue weighted by molar-refractivity contribution is 4.95. The van der Waals surface area contributed by atoms with E-state index in [9.17, 15) is 0 Å². The van der Waals surface area contributed by atoms with Crippen LogP contribution in [0.3, 0.4) is 0 Å². The quantitative estimate of drug-likeness (QED) is 0.838. The summed E-state index contributed by atoms with van der Waals surface area (Å²) in [5.41, 5.74) is 0. The Bertz CT molecular complexity index is 519. The number of morpholine rings is 1. The van der Waals surface area contributed by atoms with Gasteiger partial charge in [0.2, 0.25) is 5.89 Å². The van der Waals surface area contributed by atoms with Crippen molar-refractivity contribution in [2.75, 3.05) is 39.5 Å². The number of ether oxygens (including phenoxy) is 3. The highest BCUT2D eigenvalue weighted by Crippen LogP contribution is 2.39. The van der Waals surface area contributed by atoms with Crippen LogP contribution in [0.25, 0.3) is 0 Å². The number of hydrogen-bond acceptors (Lipinski definition) is 7. The lowest BCUT2D eigenvalue weighted by atomic mass is 9.84. The Morgan fingerprint density at radius 3 is 2.65 bits per heavy atom. The summed E-state index contributed by atoms with van der Waals surface area (Å²) in [6.07, 6.45) is 4.30. The van der Waals surface area contributed by atoms with Crippen molar-refractivity contribution in [3.05, 3.63) is 11.7 Å². The number of hydrogen-bond donors (Lipinski definition) is 0. The predicted molar refractivity (Wildman–Crippen MR) is 80.8 cm³/mol. The van der Waals surface area contributed by atoms with Crippen LogP contribution in [0.5, 0.6) is 0 Å². The first-order chi connectivity index (χ1) is 11.2. The maximum atomic E-state index is 5.82. The molecule has 7 heteroatoms. The van der Waals surface area contributed by atoms with E-state index in [2.05, 4.69) is 15.0 Å². The van der Waals surface area contributed by atoms with Gasteiger partial charge >= 0.3 is 0 Å². The molecule has 0 unspecified atom stereocenters. The Hall–Kier alpha value is -1.02. The second-order valence-corrected chi connectivity index (χ2v) is 6.82. The van der Waals surface area contributed by atoms with Crippen LogP contribution in [0.2, 0.25) is 0 Å². The lowest BCUT2D eigenvalue weighted by Crippen LogP contribution is -2.44. The fourth-order valence-corrected chi connectivity index (χ4v) is 3.95.